The molecule has 0 bridgehead atoms. The van der Waals surface area contributed by atoms with Crippen LogP contribution in [0.3, 0.4) is 0 Å². The summed E-state index contributed by atoms with van der Waals surface area (Å²) in [6.07, 6.45) is -0.0425. The maximum Gasteiger partial charge on any atom is 0.282 e. The van der Waals surface area contributed by atoms with Crippen molar-refractivity contribution in [3.8, 4) is 11.9 Å². The number of likely N-dealkylation sites (tertiary alicyclic amines) is 1. The average Bonchev–Trinajstić information content (AvgIpc) is 3.60. The minimum absolute atomic E-state index is 0.0440. The molecule has 47 heavy (non-hydrogen) atoms. The van der Waals surface area contributed by atoms with Gasteiger partial charge in [-0.2, -0.15) is 5.26 Å². The number of thiophene rings is 1. The fourth-order valence-corrected chi connectivity index (χ4v) is 8.64. The lowest BCUT2D eigenvalue weighted by Crippen LogP contribution is -2.66. The van der Waals surface area contributed by atoms with Crippen LogP contribution in [-0.4, -0.2) is 97.8 Å². The maximum atomic E-state index is 14.2. The van der Waals surface area contributed by atoms with Crippen molar-refractivity contribution >= 4 is 61.9 Å². The van der Waals surface area contributed by atoms with Gasteiger partial charge in [-0.05, 0) is 38.1 Å². The highest BCUT2D eigenvalue weighted by Crippen LogP contribution is 2.48. The van der Waals surface area contributed by atoms with Crippen LogP contribution in [0.2, 0.25) is 4.34 Å². The third-order valence-corrected chi connectivity index (χ3v) is 11.1. The summed E-state index contributed by atoms with van der Waals surface area (Å²) in [6.45, 7) is 4.87. The van der Waals surface area contributed by atoms with E-state index in [1.807, 2.05) is 35.0 Å². The number of fused-ring (bicyclic) bond motifs is 6. The van der Waals surface area contributed by atoms with Gasteiger partial charge in [0.2, 0.25) is 5.88 Å². The van der Waals surface area contributed by atoms with Crippen LogP contribution in [0.25, 0.3) is 10.1 Å². The van der Waals surface area contributed by atoms with Crippen LogP contribution in [0.5, 0.6) is 5.88 Å². The average molecular weight is 682 g/mol. The Balaban J connectivity index is 1.32. The number of nitrogens with zero attached hydrogens (tertiary/aromatic N) is 7. The largest absolute Gasteiger partial charge is 0.474 e. The van der Waals surface area contributed by atoms with Gasteiger partial charge in [-0.3, -0.25) is 14.5 Å². The third-order valence-electron chi connectivity index (χ3n) is 9.82. The molecule has 0 radical (unpaired) electrons. The Morgan fingerprint density at radius 2 is 2.04 bits per heavy atom. The molecule has 14 heteroatoms. The topological polar surface area (TPSA) is 96.3 Å². The predicted octanol–water partition coefficient (Wildman–Crippen LogP) is 4.69. The zero-order valence-electron chi connectivity index (χ0n) is 26.1. The van der Waals surface area contributed by atoms with E-state index in [1.54, 1.807) is 7.05 Å². The summed E-state index contributed by atoms with van der Waals surface area (Å²) in [5.41, 5.74) is 4.05. The van der Waals surface area contributed by atoms with Crippen molar-refractivity contribution in [1.82, 2.24) is 14.8 Å². The van der Waals surface area contributed by atoms with Crippen LogP contribution in [0, 0.1) is 11.3 Å². The van der Waals surface area contributed by atoms with E-state index in [2.05, 4.69) is 23.6 Å². The summed E-state index contributed by atoms with van der Waals surface area (Å²) in [5.74, 6) is -2.08. The monoisotopic (exact) mass is 681 g/mol. The van der Waals surface area contributed by atoms with E-state index in [-0.39, 0.29) is 43.9 Å². The number of ether oxygens (including phenoxy) is 1. The second-order valence-corrected chi connectivity index (χ2v) is 14.3. The van der Waals surface area contributed by atoms with E-state index in [4.69, 9.17) is 21.3 Å². The fraction of sp³-hybridized carbons (Fsp3) is 0.455. The molecule has 246 valence electrons. The Labute approximate surface area is 280 Å². The standard InChI is InChI=1S/C33H34ClF2N7O3S/c1-18(35)32(44)42-16-26-33(45)40(3)30-29(43(26)14-20(42)7-9-37)22-8-10-41(25-5-4-6-27-23(25)12-28(34)47-27)15-24(22)38-31(30)46-17-21-11-19(36)13-39(21)2/h4-6,12,19-21,26H,1,7-8,10-11,13-17H2,2-3H3/t19-,20+,21+,26?/m1/s1. The Hall–Kier alpha value is -3.99. The van der Waals surface area contributed by atoms with E-state index in [0.717, 1.165) is 32.7 Å². The number of amides is 2. The molecule has 3 aromatic rings. The van der Waals surface area contributed by atoms with Crippen molar-refractivity contribution in [1.29, 1.82) is 5.26 Å². The summed E-state index contributed by atoms with van der Waals surface area (Å²) >= 11 is 7.92. The van der Waals surface area contributed by atoms with Crippen molar-refractivity contribution < 1.29 is 23.1 Å². The van der Waals surface area contributed by atoms with Gasteiger partial charge in [0.05, 0.1) is 47.3 Å². The number of hydrogen-bond donors (Lipinski definition) is 0. The highest BCUT2D eigenvalue weighted by Gasteiger charge is 2.48. The van der Waals surface area contributed by atoms with E-state index in [9.17, 15) is 23.6 Å². The molecule has 4 atom stereocenters. The molecule has 2 fully saturated rings. The van der Waals surface area contributed by atoms with Crippen LogP contribution in [0.15, 0.2) is 36.7 Å². The number of carbonyl (C=O) groups is 2. The molecule has 7 rings (SSSR count). The predicted molar refractivity (Wildman–Crippen MR) is 178 cm³/mol. The van der Waals surface area contributed by atoms with Crippen LogP contribution in [-0.2, 0) is 22.6 Å². The minimum atomic E-state index is -1.13. The van der Waals surface area contributed by atoms with Gasteiger partial charge in [-0.25, -0.2) is 13.8 Å². The fourth-order valence-electron chi connectivity index (χ4n) is 7.48. The highest BCUT2D eigenvalue weighted by atomic mass is 35.5. The summed E-state index contributed by atoms with van der Waals surface area (Å²) in [5, 5.41) is 10.7. The number of alkyl halides is 1. The molecule has 1 unspecified atom stereocenters. The number of anilines is 3. The molecule has 6 heterocycles. The van der Waals surface area contributed by atoms with Gasteiger partial charge in [0.25, 0.3) is 11.8 Å². The summed E-state index contributed by atoms with van der Waals surface area (Å²) in [6, 6.07) is 8.59. The normalized spacial score (nSPS) is 24.2. The van der Waals surface area contributed by atoms with E-state index in [1.165, 1.54) is 21.1 Å². The molecular formula is C33H34ClF2N7O3S. The number of rotatable bonds is 6. The van der Waals surface area contributed by atoms with E-state index < -0.39 is 30.0 Å². The molecule has 1 aromatic carbocycles. The van der Waals surface area contributed by atoms with Gasteiger partial charge in [-0.1, -0.05) is 24.2 Å². The lowest BCUT2D eigenvalue weighted by molar-refractivity contribution is -0.133. The molecular weight excluding hydrogens is 648 g/mol. The van der Waals surface area contributed by atoms with Crippen molar-refractivity contribution in [2.75, 3.05) is 61.6 Å². The number of likely N-dealkylation sites (N-methyl/N-ethyl adjacent to an activating group) is 2. The molecule has 0 N–H and O–H groups in total. The van der Waals surface area contributed by atoms with Crippen molar-refractivity contribution in [2.24, 2.45) is 0 Å². The molecule has 10 nitrogen and oxygen atoms in total. The van der Waals surface area contributed by atoms with E-state index >= 15 is 0 Å². The van der Waals surface area contributed by atoms with Gasteiger partial charge in [0, 0.05) is 54.1 Å². The molecule has 2 aromatic heterocycles. The van der Waals surface area contributed by atoms with Gasteiger partial charge in [-0.15, -0.1) is 11.3 Å². The number of halogens is 3. The zero-order chi connectivity index (χ0) is 33.1. The zero-order valence-corrected chi connectivity index (χ0v) is 27.7. The molecule has 0 saturated carbocycles. The number of piperazine rings is 1. The third kappa shape index (κ3) is 5.46. The lowest BCUT2D eigenvalue weighted by Gasteiger charge is -2.51. The van der Waals surface area contributed by atoms with Crippen LogP contribution in [0.1, 0.15) is 24.1 Å². The number of benzene rings is 1. The molecule has 0 spiro atoms. The first-order valence-corrected chi connectivity index (χ1v) is 16.8. The number of nitriles is 1. The smallest absolute Gasteiger partial charge is 0.282 e. The first kappa shape index (κ1) is 31.6. The van der Waals surface area contributed by atoms with Crippen LogP contribution >= 0.6 is 22.9 Å². The quantitative estimate of drug-likeness (QED) is 0.346. The maximum absolute atomic E-state index is 14.2. The number of carbonyl (C=O) groups excluding carboxylic acids is 2. The molecule has 2 amide bonds. The highest BCUT2D eigenvalue weighted by molar-refractivity contribution is 7.22. The summed E-state index contributed by atoms with van der Waals surface area (Å²) < 4.78 is 36.5. The van der Waals surface area contributed by atoms with Gasteiger partial charge in [0.15, 0.2) is 5.83 Å². The Bertz CT molecular complexity index is 1830. The number of pyridine rings is 1. The second-order valence-electron chi connectivity index (χ2n) is 12.6. The summed E-state index contributed by atoms with van der Waals surface area (Å²) in [4.78, 5) is 40.7. The molecule has 0 aliphatic carbocycles. The van der Waals surface area contributed by atoms with Gasteiger partial charge < -0.3 is 24.3 Å². The number of aromatic nitrogens is 1. The van der Waals surface area contributed by atoms with Crippen LogP contribution < -0.4 is 19.4 Å². The second kappa shape index (κ2) is 12.2. The summed E-state index contributed by atoms with van der Waals surface area (Å²) in [7, 11) is 3.51. The SMILES string of the molecule is C=C(F)C(=O)N1CC2C(=O)N(C)c3c(OC[C@@H]4C[C@@H](F)CN4C)nc4c(c3N2C[C@@H]1CC#N)CCN(c1cccc2sc(Cl)cc12)C4. The van der Waals surface area contributed by atoms with Crippen molar-refractivity contribution in [2.45, 2.75) is 50.1 Å². The first-order chi connectivity index (χ1) is 22.5. The van der Waals surface area contributed by atoms with E-state index in [0.29, 0.717) is 42.5 Å². The van der Waals surface area contributed by atoms with Crippen molar-refractivity contribution in [3.63, 3.8) is 0 Å². The Kier molecular flexibility index (Phi) is 8.22. The van der Waals surface area contributed by atoms with Crippen LogP contribution in [0.4, 0.5) is 25.8 Å². The molecule has 4 aliphatic heterocycles. The lowest BCUT2D eigenvalue weighted by atomic mass is 9.93. The molecule has 4 aliphatic rings. The number of hydrogen-bond acceptors (Lipinski definition) is 9. The Morgan fingerprint density at radius 3 is 2.77 bits per heavy atom. The van der Waals surface area contributed by atoms with Crippen molar-refractivity contribution in [3.05, 3.63) is 52.3 Å². The molecule has 2 saturated heterocycles. The minimum Gasteiger partial charge on any atom is -0.474 e. The van der Waals surface area contributed by atoms with Gasteiger partial charge in [0.1, 0.15) is 24.5 Å². The Morgan fingerprint density at radius 1 is 1.23 bits per heavy atom. The first-order valence-electron chi connectivity index (χ1n) is 15.6. The van der Waals surface area contributed by atoms with Gasteiger partial charge >= 0.3 is 0 Å².